The van der Waals surface area contributed by atoms with Crippen molar-refractivity contribution < 1.29 is 13.9 Å². The number of ether oxygens (including phenoxy) is 1. The minimum Gasteiger partial charge on any atom is -0.379 e. The first-order valence-corrected chi connectivity index (χ1v) is 9.67. The Morgan fingerprint density at radius 3 is 2.50 bits per heavy atom. The van der Waals surface area contributed by atoms with E-state index < -0.39 is 0 Å². The minimum atomic E-state index is -0.250. The topological polar surface area (TPSA) is 44.8 Å². The fraction of sp³-hybridized carbons (Fsp3) is 0.409. The minimum absolute atomic E-state index is 0.0224. The molecule has 0 unspecified atom stereocenters. The van der Waals surface area contributed by atoms with E-state index in [9.17, 15) is 9.18 Å². The molecule has 1 saturated heterocycles. The number of hydrogen-bond donors (Lipinski definition) is 1. The number of carbonyl (C=O) groups is 1. The van der Waals surface area contributed by atoms with Crippen LogP contribution in [0.4, 0.5) is 4.39 Å². The Morgan fingerprint density at radius 1 is 1.11 bits per heavy atom. The van der Waals surface area contributed by atoms with Crippen LogP contribution in [0.2, 0.25) is 0 Å². The summed E-state index contributed by atoms with van der Waals surface area (Å²) in [6, 6.07) is 14.6. The summed E-state index contributed by atoms with van der Waals surface area (Å²) >= 11 is 0. The molecule has 6 heteroatoms. The molecule has 2 aromatic carbocycles. The van der Waals surface area contributed by atoms with E-state index in [1.54, 1.807) is 12.1 Å². The van der Waals surface area contributed by atoms with Gasteiger partial charge < -0.3 is 10.1 Å². The molecular weight excluding hydrogens is 357 g/mol. The van der Waals surface area contributed by atoms with Crippen molar-refractivity contribution in [2.75, 3.05) is 39.9 Å². The van der Waals surface area contributed by atoms with Crippen molar-refractivity contribution in [2.45, 2.75) is 19.6 Å². The molecule has 1 aliphatic rings. The molecule has 1 aliphatic heterocycles. The van der Waals surface area contributed by atoms with Gasteiger partial charge in [0.2, 0.25) is 5.91 Å². The van der Waals surface area contributed by atoms with Crippen molar-refractivity contribution in [3.63, 3.8) is 0 Å². The van der Waals surface area contributed by atoms with Crippen LogP contribution in [0.25, 0.3) is 0 Å². The van der Waals surface area contributed by atoms with E-state index in [1.807, 2.05) is 24.1 Å². The van der Waals surface area contributed by atoms with Crippen LogP contribution in [-0.4, -0.2) is 55.6 Å². The number of rotatable bonds is 8. The summed E-state index contributed by atoms with van der Waals surface area (Å²) in [5.74, 6) is -0.273. The van der Waals surface area contributed by atoms with E-state index in [0.29, 0.717) is 19.6 Å². The molecule has 0 radical (unpaired) electrons. The molecule has 28 heavy (non-hydrogen) atoms. The van der Waals surface area contributed by atoms with Crippen molar-refractivity contribution in [3.05, 3.63) is 71.0 Å². The number of nitrogens with zero attached hydrogens (tertiary/aromatic N) is 2. The third-order valence-corrected chi connectivity index (χ3v) is 4.87. The first-order valence-electron chi connectivity index (χ1n) is 9.67. The van der Waals surface area contributed by atoms with Gasteiger partial charge in [0.25, 0.3) is 0 Å². The Balaban J connectivity index is 1.48. The second kappa shape index (κ2) is 10.3. The second-order valence-electron chi connectivity index (χ2n) is 7.23. The van der Waals surface area contributed by atoms with Crippen molar-refractivity contribution in [2.24, 2.45) is 0 Å². The summed E-state index contributed by atoms with van der Waals surface area (Å²) in [7, 11) is 1.88. The molecule has 1 amide bonds. The molecule has 0 aliphatic carbocycles. The third kappa shape index (κ3) is 6.41. The summed E-state index contributed by atoms with van der Waals surface area (Å²) in [6.07, 6.45) is 0. The quantitative estimate of drug-likeness (QED) is 0.758. The Bertz CT molecular complexity index is 761. The van der Waals surface area contributed by atoms with Crippen LogP contribution in [0, 0.1) is 5.82 Å². The van der Waals surface area contributed by atoms with Gasteiger partial charge in [-0.25, -0.2) is 4.39 Å². The van der Waals surface area contributed by atoms with Gasteiger partial charge in [0.1, 0.15) is 5.82 Å². The highest BCUT2D eigenvalue weighted by atomic mass is 19.1. The summed E-state index contributed by atoms with van der Waals surface area (Å²) < 4.78 is 18.4. The summed E-state index contributed by atoms with van der Waals surface area (Å²) in [5, 5.41) is 3.02. The van der Waals surface area contributed by atoms with E-state index >= 15 is 0 Å². The van der Waals surface area contributed by atoms with Crippen LogP contribution in [0.15, 0.2) is 48.5 Å². The highest BCUT2D eigenvalue weighted by Gasteiger charge is 2.13. The first-order chi connectivity index (χ1) is 13.6. The average molecular weight is 385 g/mol. The van der Waals surface area contributed by atoms with E-state index in [2.05, 4.69) is 22.3 Å². The largest absolute Gasteiger partial charge is 0.379 e. The molecule has 5 nitrogen and oxygen atoms in total. The molecule has 2 aromatic rings. The lowest BCUT2D eigenvalue weighted by molar-refractivity contribution is -0.122. The van der Waals surface area contributed by atoms with Crippen LogP contribution in [-0.2, 0) is 29.2 Å². The molecule has 1 heterocycles. The molecule has 0 atom stereocenters. The molecule has 0 saturated carbocycles. The lowest BCUT2D eigenvalue weighted by Crippen LogP contribution is -2.36. The zero-order chi connectivity index (χ0) is 19.8. The van der Waals surface area contributed by atoms with Gasteiger partial charge in [-0.2, -0.15) is 0 Å². The SMILES string of the molecule is CN(CC(=O)NCc1ccccc1CN1CCOCC1)Cc1ccc(F)cc1. The van der Waals surface area contributed by atoms with Gasteiger partial charge in [-0.3, -0.25) is 14.6 Å². The second-order valence-corrected chi connectivity index (χ2v) is 7.23. The monoisotopic (exact) mass is 385 g/mol. The molecule has 3 rings (SSSR count). The zero-order valence-corrected chi connectivity index (χ0v) is 16.4. The number of benzene rings is 2. The molecule has 0 bridgehead atoms. The fourth-order valence-corrected chi connectivity index (χ4v) is 3.34. The van der Waals surface area contributed by atoms with Gasteiger partial charge in [0.15, 0.2) is 0 Å². The lowest BCUT2D eigenvalue weighted by atomic mass is 10.1. The van der Waals surface area contributed by atoms with Gasteiger partial charge in [-0.1, -0.05) is 36.4 Å². The maximum atomic E-state index is 13.0. The number of carbonyl (C=O) groups excluding carboxylic acids is 1. The zero-order valence-electron chi connectivity index (χ0n) is 16.4. The molecule has 0 spiro atoms. The van der Waals surface area contributed by atoms with Gasteiger partial charge >= 0.3 is 0 Å². The van der Waals surface area contributed by atoms with Crippen LogP contribution < -0.4 is 5.32 Å². The lowest BCUT2D eigenvalue weighted by Gasteiger charge is -2.27. The summed E-state index contributed by atoms with van der Waals surface area (Å²) in [5.41, 5.74) is 3.36. The Kier molecular flexibility index (Phi) is 7.54. The standard InChI is InChI=1S/C22H28FN3O2/c1-25(15-18-6-8-21(23)9-7-18)17-22(27)24-14-19-4-2-3-5-20(19)16-26-10-12-28-13-11-26/h2-9H,10-17H2,1H3,(H,24,27). The van der Waals surface area contributed by atoms with E-state index in [-0.39, 0.29) is 11.7 Å². The van der Waals surface area contributed by atoms with Crippen LogP contribution in [0.5, 0.6) is 0 Å². The highest BCUT2D eigenvalue weighted by Crippen LogP contribution is 2.13. The molecule has 1 fully saturated rings. The number of likely N-dealkylation sites (N-methyl/N-ethyl adjacent to an activating group) is 1. The highest BCUT2D eigenvalue weighted by molar-refractivity contribution is 5.78. The predicted molar refractivity (Wildman–Crippen MR) is 107 cm³/mol. The normalized spacial score (nSPS) is 15.0. The average Bonchev–Trinajstić information content (AvgIpc) is 2.70. The predicted octanol–water partition coefficient (Wildman–Crippen LogP) is 2.41. The first kappa shape index (κ1) is 20.5. The molecule has 0 aromatic heterocycles. The van der Waals surface area contributed by atoms with E-state index in [0.717, 1.165) is 44.0 Å². The van der Waals surface area contributed by atoms with Gasteiger partial charge in [0.05, 0.1) is 19.8 Å². The van der Waals surface area contributed by atoms with Crippen molar-refractivity contribution >= 4 is 5.91 Å². The number of halogens is 1. The summed E-state index contributed by atoms with van der Waals surface area (Å²) in [6.45, 7) is 5.72. The van der Waals surface area contributed by atoms with Gasteiger partial charge in [-0.15, -0.1) is 0 Å². The number of hydrogen-bond acceptors (Lipinski definition) is 4. The number of morpholine rings is 1. The Morgan fingerprint density at radius 2 is 1.79 bits per heavy atom. The number of amides is 1. The third-order valence-electron chi connectivity index (χ3n) is 4.87. The van der Waals surface area contributed by atoms with E-state index in [1.165, 1.54) is 17.7 Å². The molecule has 150 valence electrons. The number of nitrogens with one attached hydrogen (secondary N) is 1. The maximum Gasteiger partial charge on any atom is 0.234 e. The van der Waals surface area contributed by atoms with Crippen molar-refractivity contribution in [1.29, 1.82) is 0 Å². The Hall–Kier alpha value is -2.28. The summed E-state index contributed by atoms with van der Waals surface area (Å²) in [4.78, 5) is 16.6. The van der Waals surface area contributed by atoms with Crippen LogP contribution in [0.3, 0.4) is 0 Å². The fourth-order valence-electron chi connectivity index (χ4n) is 3.34. The van der Waals surface area contributed by atoms with Gasteiger partial charge in [0, 0.05) is 32.7 Å². The van der Waals surface area contributed by atoms with Crippen molar-refractivity contribution in [1.82, 2.24) is 15.1 Å². The molecular formula is C22H28FN3O2. The van der Waals surface area contributed by atoms with E-state index in [4.69, 9.17) is 4.74 Å². The molecule has 1 N–H and O–H groups in total. The van der Waals surface area contributed by atoms with Crippen molar-refractivity contribution in [3.8, 4) is 0 Å². The van der Waals surface area contributed by atoms with Crippen LogP contribution >= 0.6 is 0 Å². The smallest absolute Gasteiger partial charge is 0.234 e. The Labute approximate surface area is 166 Å². The maximum absolute atomic E-state index is 13.0. The van der Waals surface area contributed by atoms with Gasteiger partial charge in [-0.05, 0) is 35.9 Å². The van der Waals surface area contributed by atoms with Crippen LogP contribution in [0.1, 0.15) is 16.7 Å².